The third-order valence-electron chi connectivity index (χ3n) is 17.2. The van der Waals surface area contributed by atoms with E-state index >= 15 is 0 Å². The van der Waals surface area contributed by atoms with Crippen LogP contribution in [0.25, 0.3) is 22.1 Å². The Labute approximate surface area is 388 Å². The maximum atomic E-state index is 7.59. The van der Waals surface area contributed by atoms with Gasteiger partial charge in [-0.1, -0.05) is 144 Å². The molecule has 65 heavy (non-hydrogen) atoms. The van der Waals surface area contributed by atoms with Gasteiger partial charge in [-0.25, -0.2) is 0 Å². The van der Waals surface area contributed by atoms with Gasteiger partial charge in [0.05, 0.1) is 0 Å². The molecule has 3 aliphatic carbocycles. The lowest BCUT2D eigenvalue weighted by atomic mass is 9.33. The first-order chi connectivity index (χ1) is 30.7. The second-order valence-electron chi connectivity index (χ2n) is 24.7. The monoisotopic (exact) mass is 853 g/mol. The van der Waals surface area contributed by atoms with E-state index in [9.17, 15) is 0 Å². The molecular weight excluding hydrogens is 787 g/mol. The van der Waals surface area contributed by atoms with E-state index in [0.717, 1.165) is 17.9 Å². The third-order valence-corrected chi connectivity index (χ3v) is 17.2. The Hall–Kier alpha value is -5.48. The molecule has 0 N–H and O–H groups in total. The number of fused-ring (bicyclic) bond motifs is 12. The summed E-state index contributed by atoms with van der Waals surface area (Å²) in [5, 5.41) is 1.27. The van der Waals surface area contributed by atoms with Crippen molar-refractivity contribution in [3.05, 3.63) is 149 Å². The van der Waals surface area contributed by atoms with Crippen molar-refractivity contribution < 1.29 is 4.42 Å². The molecule has 0 spiro atoms. The molecule has 1 fully saturated rings. The number of nitrogens with zero attached hydrogens (tertiary/aromatic N) is 2. The average molecular weight is 853 g/mol. The van der Waals surface area contributed by atoms with E-state index in [0.29, 0.717) is 0 Å². The maximum Gasteiger partial charge on any atom is 0.257 e. The zero-order valence-electron chi connectivity index (χ0n) is 40.9. The van der Waals surface area contributed by atoms with Gasteiger partial charge in [-0.3, -0.25) is 4.90 Å². The largest absolute Gasteiger partial charge is 0.440 e. The number of benzene rings is 6. The lowest BCUT2D eigenvalue weighted by Crippen LogP contribution is -2.61. The van der Waals surface area contributed by atoms with Gasteiger partial charge in [-0.2, -0.15) is 0 Å². The first-order valence-electron chi connectivity index (χ1n) is 24.5. The second-order valence-corrected chi connectivity index (χ2v) is 24.7. The molecule has 0 radical (unpaired) electrons. The minimum absolute atomic E-state index is 0.0374. The molecular formula is C61H65BN2O. The molecule has 6 aromatic carbocycles. The van der Waals surface area contributed by atoms with Gasteiger partial charge in [0.1, 0.15) is 5.58 Å². The zero-order valence-corrected chi connectivity index (χ0v) is 40.9. The van der Waals surface area contributed by atoms with Crippen molar-refractivity contribution in [2.45, 2.75) is 148 Å². The van der Waals surface area contributed by atoms with Crippen LogP contribution in [0.3, 0.4) is 0 Å². The summed E-state index contributed by atoms with van der Waals surface area (Å²) in [7, 11) is 0. The van der Waals surface area contributed by atoms with Gasteiger partial charge in [0.15, 0.2) is 0 Å². The molecule has 2 bridgehead atoms. The van der Waals surface area contributed by atoms with Crippen molar-refractivity contribution >= 4 is 68.4 Å². The van der Waals surface area contributed by atoms with Crippen LogP contribution in [0.2, 0.25) is 0 Å². The highest BCUT2D eigenvalue weighted by molar-refractivity contribution is 7.01. The Morgan fingerprint density at radius 2 is 1.09 bits per heavy atom. The van der Waals surface area contributed by atoms with Crippen molar-refractivity contribution in [2.75, 3.05) is 9.80 Å². The van der Waals surface area contributed by atoms with E-state index in [4.69, 9.17) is 4.42 Å². The van der Waals surface area contributed by atoms with Crippen LogP contribution in [0.5, 0.6) is 0 Å². The summed E-state index contributed by atoms with van der Waals surface area (Å²) in [6, 6.07) is 45.2. The van der Waals surface area contributed by atoms with Crippen molar-refractivity contribution in [1.82, 2.24) is 0 Å². The summed E-state index contributed by atoms with van der Waals surface area (Å²) in [6.45, 7) is 28.7. The van der Waals surface area contributed by atoms with E-state index in [1.54, 1.807) is 0 Å². The van der Waals surface area contributed by atoms with Crippen molar-refractivity contribution in [2.24, 2.45) is 0 Å². The van der Waals surface area contributed by atoms with E-state index in [1.807, 2.05) is 0 Å². The van der Waals surface area contributed by atoms with Crippen LogP contribution in [0, 0.1) is 0 Å². The lowest BCUT2D eigenvalue weighted by molar-refractivity contribution is 0.332. The molecule has 0 saturated heterocycles. The van der Waals surface area contributed by atoms with Gasteiger partial charge < -0.3 is 9.32 Å². The first kappa shape index (κ1) is 41.0. The number of rotatable bonds is 3. The molecule has 4 heteroatoms. The van der Waals surface area contributed by atoms with Crippen LogP contribution < -0.4 is 26.2 Å². The van der Waals surface area contributed by atoms with Gasteiger partial charge in [0.25, 0.3) is 6.71 Å². The Bertz CT molecular complexity index is 3140. The van der Waals surface area contributed by atoms with Crippen molar-refractivity contribution in [1.29, 1.82) is 0 Å². The second kappa shape index (κ2) is 13.1. The Balaban J connectivity index is 1.22. The highest BCUT2D eigenvalue weighted by atomic mass is 16.4. The smallest absolute Gasteiger partial charge is 0.257 e. The number of furan rings is 1. The summed E-state index contributed by atoms with van der Waals surface area (Å²) in [5.41, 5.74) is 22.6. The molecule has 3 heterocycles. The van der Waals surface area contributed by atoms with Crippen molar-refractivity contribution in [3.8, 4) is 11.1 Å². The van der Waals surface area contributed by atoms with Gasteiger partial charge in [-0.05, 0) is 175 Å². The Morgan fingerprint density at radius 3 is 1.75 bits per heavy atom. The molecule has 7 aromatic rings. The van der Waals surface area contributed by atoms with Crippen LogP contribution in [0.1, 0.15) is 149 Å². The molecule has 5 aliphatic rings. The summed E-state index contributed by atoms with van der Waals surface area (Å²) in [6.07, 6.45) is 6.05. The predicted octanol–water partition coefficient (Wildman–Crippen LogP) is 14.8. The van der Waals surface area contributed by atoms with Gasteiger partial charge in [0.2, 0.25) is 5.88 Å². The average Bonchev–Trinajstić information content (AvgIpc) is 3.87. The minimum atomic E-state index is -0.0484. The summed E-state index contributed by atoms with van der Waals surface area (Å²) in [5.74, 6) is 0.961. The van der Waals surface area contributed by atoms with E-state index in [2.05, 4.69) is 208 Å². The van der Waals surface area contributed by atoms with Crippen LogP contribution in [0.4, 0.5) is 34.3 Å². The van der Waals surface area contributed by atoms with Crippen molar-refractivity contribution in [3.63, 3.8) is 0 Å². The fourth-order valence-corrected chi connectivity index (χ4v) is 13.2. The third kappa shape index (κ3) is 5.87. The fraction of sp³-hybridized carbons (Fsp3) is 0.377. The van der Waals surface area contributed by atoms with Gasteiger partial charge in [0, 0.05) is 39.3 Å². The fourth-order valence-electron chi connectivity index (χ4n) is 13.2. The highest BCUT2D eigenvalue weighted by Crippen LogP contribution is 2.61. The highest BCUT2D eigenvalue weighted by Gasteiger charge is 2.54. The van der Waals surface area contributed by atoms with Gasteiger partial charge in [-0.15, -0.1) is 0 Å². The molecule has 0 amide bonds. The Morgan fingerprint density at radius 1 is 0.492 bits per heavy atom. The minimum Gasteiger partial charge on any atom is -0.440 e. The zero-order chi connectivity index (χ0) is 45.4. The topological polar surface area (TPSA) is 19.6 Å². The number of anilines is 6. The SMILES string of the molecule is CC(C)(C)c1ccc(N2c3ccc(C(C)(C)C)cc3B3c4c2cc(-c2ccccc2)cc4N(c2ccc4c(c2)C(C)(C)CCC4(C)C)c2oc4cc5c(cc4c23)C2(C)CCC5(C)C2)cc1. The Kier molecular flexibility index (Phi) is 8.27. The predicted molar refractivity (Wildman–Crippen MR) is 277 cm³/mol. The van der Waals surface area contributed by atoms with Crippen LogP contribution in [-0.4, -0.2) is 6.71 Å². The number of hydrogen-bond donors (Lipinski definition) is 0. The van der Waals surface area contributed by atoms with E-state index in [-0.39, 0.29) is 39.2 Å². The molecule has 1 aromatic heterocycles. The summed E-state index contributed by atoms with van der Waals surface area (Å²) >= 11 is 0. The van der Waals surface area contributed by atoms with Gasteiger partial charge >= 0.3 is 0 Å². The quantitative estimate of drug-likeness (QED) is 0.165. The normalized spacial score (nSPS) is 22.1. The van der Waals surface area contributed by atoms with Crippen LogP contribution in [-0.2, 0) is 32.5 Å². The van der Waals surface area contributed by atoms with Crippen LogP contribution >= 0.6 is 0 Å². The van der Waals surface area contributed by atoms with E-state index < -0.39 is 0 Å². The molecule has 328 valence electrons. The molecule has 3 nitrogen and oxygen atoms in total. The molecule has 2 unspecified atom stereocenters. The van der Waals surface area contributed by atoms with Crippen LogP contribution in [0.15, 0.2) is 120 Å². The summed E-state index contributed by atoms with van der Waals surface area (Å²) < 4.78 is 7.59. The standard InChI is InChI=1S/C61H65BN2O/c1-56(2,3)39-18-21-41(22-19-39)63-49-25-20-40(57(4,5)6)32-48(49)62-53-43-34-46-47(61(12)29-28-60(46,11)36-61)35-52(43)65-55(53)64(42-23-24-44-45(33-42)59(9,10)27-26-58(44,7)8)51-31-38(30-50(63)54(51)62)37-16-14-13-15-17-37/h13-25,30-35H,26-29,36H2,1-12H3. The first-order valence-corrected chi connectivity index (χ1v) is 24.5. The molecule has 12 rings (SSSR count). The number of hydrogen-bond acceptors (Lipinski definition) is 3. The molecule has 2 atom stereocenters. The lowest BCUT2D eigenvalue weighted by Gasteiger charge is -2.44. The molecule has 1 saturated carbocycles. The molecule has 2 aliphatic heterocycles. The maximum absolute atomic E-state index is 7.59. The van der Waals surface area contributed by atoms with E-state index in [1.165, 1.54) is 120 Å². The summed E-state index contributed by atoms with van der Waals surface area (Å²) in [4.78, 5) is 5.12.